The molecular formula is C16H22N2O3. The maximum absolute atomic E-state index is 9.88. The van der Waals surface area contributed by atoms with Crippen LogP contribution in [-0.4, -0.2) is 35.2 Å². The summed E-state index contributed by atoms with van der Waals surface area (Å²) in [6.07, 6.45) is 4.35. The van der Waals surface area contributed by atoms with Gasteiger partial charge in [-0.15, -0.1) is 0 Å². The molecule has 5 nitrogen and oxygen atoms in total. The highest BCUT2D eigenvalue weighted by atomic mass is 16.6. The van der Waals surface area contributed by atoms with Crippen LogP contribution < -0.4 is 5.32 Å². The van der Waals surface area contributed by atoms with Crippen LogP contribution in [0.5, 0.6) is 5.75 Å². The van der Waals surface area contributed by atoms with Crippen LogP contribution in [0.4, 0.5) is 5.69 Å². The molecule has 0 heterocycles. The Kier molecular flexibility index (Phi) is 4.29. The van der Waals surface area contributed by atoms with E-state index in [-0.39, 0.29) is 12.4 Å². The van der Waals surface area contributed by atoms with Gasteiger partial charge in [-0.3, -0.25) is 0 Å². The van der Waals surface area contributed by atoms with E-state index < -0.39 is 6.10 Å². The van der Waals surface area contributed by atoms with Crippen molar-refractivity contribution in [1.82, 2.24) is 0 Å². The molecule has 1 unspecified atom stereocenters. The van der Waals surface area contributed by atoms with E-state index in [9.17, 15) is 10.2 Å². The molecule has 2 aliphatic carbocycles. The maximum Gasteiger partial charge on any atom is 0.144 e. The Hall–Kier alpha value is -1.75. The number of phenols is 1. The molecule has 0 spiro atoms. The zero-order valence-corrected chi connectivity index (χ0v) is 12.0. The normalized spacial score (nSPS) is 18.9. The Morgan fingerprint density at radius 3 is 2.38 bits per heavy atom. The topological polar surface area (TPSA) is 74.1 Å². The number of phenolic OH excluding ortho intramolecular Hbond substituents is 1. The van der Waals surface area contributed by atoms with Crippen LogP contribution in [0, 0.1) is 11.8 Å². The van der Waals surface area contributed by atoms with E-state index in [1.807, 2.05) is 0 Å². The van der Waals surface area contributed by atoms with E-state index in [1.165, 1.54) is 31.4 Å². The fraction of sp³-hybridized carbons (Fsp3) is 0.562. The van der Waals surface area contributed by atoms with Crippen molar-refractivity contribution >= 4 is 11.4 Å². The second-order valence-electron chi connectivity index (χ2n) is 5.94. The minimum atomic E-state index is -0.609. The van der Waals surface area contributed by atoms with E-state index >= 15 is 0 Å². The highest BCUT2D eigenvalue weighted by molar-refractivity contribution is 5.92. The number of anilines is 1. The van der Waals surface area contributed by atoms with E-state index in [0.717, 1.165) is 5.69 Å². The summed E-state index contributed by atoms with van der Waals surface area (Å²) in [6.45, 7) is 0.594. The van der Waals surface area contributed by atoms with Crippen LogP contribution >= 0.6 is 0 Å². The monoisotopic (exact) mass is 290 g/mol. The van der Waals surface area contributed by atoms with E-state index in [1.54, 1.807) is 24.3 Å². The molecule has 2 fully saturated rings. The maximum atomic E-state index is 9.88. The second-order valence-corrected chi connectivity index (χ2v) is 5.94. The van der Waals surface area contributed by atoms with Gasteiger partial charge < -0.3 is 20.4 Å². The summed E-state index contributed by atoms with van der Waals surface area (Å²) < 4.78 is 0. The van der Waals surface area contributed by atoms with Crippen LogP contribution in [0.25, 0.3) is 0 Å². The molecule has 0 radical (unpaired) electrons. The van der Waals surface area contributed by atoms with Crippen molar-refractivity contribution in [2.24, 2.45) is 17.0 Å². The Balaban J connectivity index is 1.38. The fourth-order valence-corrected chi connectivity index (χ4v) is 2.31. The molecule has 5 heteroatoms. The molecular weight excluding hydrogens is 268 g/mol. The summed E-state index contributed by atoms with van der Waals surface area (Å²) in [7, 11) is 0. The van der Waals surface area contributed by atoms with Gasteiger partial charge in [0.25, 0.3) is 0 Å². The summed E-state index contributed by atoms with van der Waals surface area (Å²) in [5.41, 5.74) is 2.07. The van der Waals surface area contributed by atoms with E-state index in [0.29, 0.717) is 18.4 Å². The summed E-state index contributed by atoms with van der Waals surface area (Å²) in [4.78, 5) is 5.33. The van der Waals surface area contributed by atoms with Crippen LogP contribution in [0.3, 0.4) is 0 Å². The molecule has 0 aromatic heterocycles. The van der Waals surface area contributed by atoms with Crippen LogP contribution in [0.15, 0.2) is 29.4 Å². The average Bonchev–Trinajstić information content (AvgIpc) is 3.37. The lowest BCUT2D eigenvalue weighted by Crippen LogP contribution is -2.24. The molecule has 21 heavy (non-hydrogen) atoms. The lowest BCUT2D eigenvalue weighted by molar-refractivity contribution is 0.0461. The zero-order valence-electron chi connectivity index (χ0n) is 12.0. The third-order valence-corrected chi connectivity index (χ3v) is 3.84. The highest BCUT2D eigenvalue weighted by Gasteiger charge is 2.38. The molecule has 0 amide bonds. The van der Waals surface area contributed by atoms with Crippen molar-refractivity contribution in [2.45, 2.75) is 31.8 Å². The van der Waals surface area contributed by atoms with Gasteiger partial charge in [0.15, 0.2) is 0 Å². The number of rotatable bonds is 8. The van der Waals surface area contributed by atoms with Crippen molar-refractivity contribution in [2.75, 3.05) is 18.5 Å². The molecule has 0 bridgehead atoms. The molecule has 114 valence electrons. The first-order valence-electron chi connectivity index (χ1n) is 7.63. The SMILES string of the molecule is Oc1ccc(NCC(O)CON=C(C2CC2)C2CC2)cc1. The first-order chi connectivity index (χ1) is 10.2. The molecule has 3 rings (SSSR count). The summed E-state index contributed by atoms with van der Waals surface area (Å²) in [6, 6.07) is 6.73. The van der Waals surface area contributed by atoms with Crippen LogP contribution in [-0.2, 0) is 4.84 Å². The number of aromatic hydroxyl groups is 1. The number of aliphatic hydroxyl groups is 1. The van der Waals surface area contributed by atoms with Gasteiger partial charge in [0, 0.05) is 24.1 Å². The van der Waals surface area contributed by atoms with Crippen LogP contribution in [0.2, 0.25) is 0 Å². The van der Waals surface area contributed by atoms with Crippen molar-refractivity contribution in [3.05, 3.63) is 24.3 Å². The van der Waals surface area contributed by atoms with Crippen molar-refractivity contribution in [3.63, 3.8) is 0 Å². The van der Waals surface area contributed by atoms with Crippen molar-refractivity contribution < 1.29 is 15.1 Å². The first kappa shape index (κ1) is 14.2. The van der Waals surface area contributed by atoms with Gasteiger partial charge in [0.05, 0.1) is 5.71 Å². The fourth-order valence-electron chi connectivity index (χ4n) is 2.31. The predicted octanol–water partition coefficient (Wildman–Crippen LogP) is 2.36. The Morgan fingerprint density at radius 1 is 1.19 bits per heavy atom. The van der Waals surface area contributed by atoms with E-state index in [2.05, 4.69) is 10.5 Å². The number of hydrogen-bond acceptors (Lipinski definition) is 5. The molecule has 2 saturated carbocycles. The summed E-state index contributed by atoms with van der Waals surface area (Å²) in [5.74, 6) is 1.51. The first-order valence-corrected chi connectivity index (χ1v) is 7.63. The van der Waals surface area contributed by atoms with Crippen LogP contribution in [0.1, 0.15) is 25.7 Å². The minimum absolute atomic E-state index is 0.202. The quantitative estimate of drug-likeness (QED) is 0.390. The third kappa shape index (κ3) is 4.36. The molecule has 0 saturated heterocycles. The Labute approximate surface area is 124 Å². The van der Waals surface area contributed by atoms with Gasteiger partial charge in [-0.1, -0.05) is 5.16 Å². The Bertz CT molecular complexity index is 479. The number of benzene rings is 1. The van der Waals surface area contributed by atoms with Gasteiger partial charge in [-0.2, -0.15) is 0 Å². The van der Waals surface area contributed by atoms with Crippen molar-refractivity contribution in [1.29, 1.82) is 0 Å². The number of nitrogens with one attached hydrogen (secondary N) is 1. The lowest BCUT2D eigenvalue weighted by Gasteiger charge is -2.12. The third-order valence-electron chi connectivity index (χ3n) is 3.84. The largest absolute Gasteiger partial charge is 0.508 e. The summed E-state index contributed by atoms with van der Waals surface area (Å²) in [5, 5.41) is 26.4. The van der Waals surface area contributed by atoms with Gasteiger partial charge >= 0.3 is 0 Å². The standard InChI is InChI=1S/C16H22N2O3/c19-14-7-5-13(6-8-14)17-9-15(20)10-21-18-16(11-1-2-11)12-3-4-12/h5-8,11-12,15,17,19-20H,1-4,9-10H2. The van der Waals surface area contributed by atoms with Gasteiger partial charge in [-0.05, 0) is 49.9 Å². The van der Waals surface area contributed by atoms with Gasteiger partial charge in [-0.25, -0.2) is 0 Å². The van der Waals surface area contributed by atoms with Gasteiger partial charge in [0.1, 0.15) is 18.5 Å². The second kappa shape index (κ2) is 6.35. The smallest absolute Gasteiger partial charge is 0.144 e. The molecule has 3 N–H and O–H groups in total. The lowest BCUT2D eigenvalue weighted by atomic mass is 10.2. The number of aliphatic hydroxyl groups excluding tert-OH is 1. The molecule has 1 aromatic rings. The number of oxime groups is 1. The zero-order chi connectivity index (χ0) is 14.7. The predicted molar refractivity (Wildman–Crippen MR) is 81.4 cm³/mol. The molecule has 2 aliphatic rings. The minimum Gasteiger partial charge on any atom is -0.508 e. The number of hydrogen-bond donors (Lipinski definition) is 3. The average molecular weight is 290 g/mol. The molecule has 1 atom stereocenters. The highest BCUT2D eigenvalue weighted by Crippen LogP contribution is 2.42. The summed E-state index contributed by atoms with van der Waals surface area (Å²) >= 11 is 0. The van der Waals surface area contributed by atoms with E-state index in [4.69, 9.17) is 4.84 Å². The molecule has 1 aromatic carbocycles. The van der Waals surface area contributed by atoms with Crippen molar-refractivity contribution in [3.8, 4) is 5.75 Å². The van der Waals surface area contributed by atoms with Gasteiger partial charge in [0.2, 0.25) is 0 Å². The molecule has 0 aliphatic heterocycles. The Morgan fingerprint density at radius 2 is 1.81 bits per heavy atom. The number of nitrogens with zero attached hydrogens (tertiary/aromatic N) is 1.